The molecule has 2 aromatic carbocycles. The number of carbonyl (C=O) groups excluding carboxylic acids is 2. The average Bonchev–Trinajstić information content (AvgIpc) is 2.69. The average molecular weight is 383 g/mol. The second-order valence-electron chi connectivity index (χ2n) is 7.25. The molecule has 2 rings (SSSR count). The topological polar surface area (TPSA) is 58.6 Å². The molecule has 2 aromatic rings. The van der Waals surface area contributed by atoms with Crippen molar-refractivity contribution in [2.75, 3.05) is 13.7 Å². The molecule has 0 bridgehead atoms. The lowest BCUT2D eigenvalue weighted by Crippen LogP contribution is -2.32. The molecule has 5 heteroatoms. The number of carbonyl (C=O) groups is 2. The summed E-state index contributed by atoms with van der Waals surface area (Å²) in [5.74, 6) is 0.824. The standard InChI is InChI=1S/C23H30N2O3/c1-17(2)25(4)23(27)20-12-10-19(11-13-20)16-24-22(26)9-6-14-28-21-8-5-7-18(3)15-21/h5,7-8,10-13,15,17H,6,9,14,16H2,1-4H3,(H,24,26). The molecule has 0 saturated carbocycles. The number of benzene rings is 2. The van der Waals surface area contributed by atoms with E-state index < -0.39 is 0 Å². The Kier molecular flexibility index (Phi) is 8.05. The van der Waals surface area contributed by atoms with Gasteiger partial charge in [-0.15, -0.1) is 0 Å². The van der Waals surface area contributed by atoms with Crippen LogP contribution < -0.4 is 10.1 Å². The van der Waals surface area contributed by atoms with Crippen molar-refractivity contribution < 1.29 is 14.3 Å². The van der Waals surface area contributed by atoms with Crippen molar-refractivity contribution in [3.63, 3.8) is 0 Å². The van der Waals surface area contributed by atoms with Gasteiger partial charge in [-0.1, -0.05) is 24.3 Å². The predicted octanol–water partition coefficient (Wildman–Crippen LogP) is 3.95. The van der Waals surface area contributed by atoms with Gasteiger partial charge in [0.15, 0.2) is 0 Å². The monoisotopic (exact) mass is 382 g/mol. The third-order valence-corrected chi connectivity index (χ3v) is 4.59. The summed E-state index contributed by atoms with van der Waals surface area (Å²) in [5.41, 5.74) is 2.77. The number of amides is 2. The lowest BCUT2D eigenvalue weighted by Gasteiger charge is -2.21. The van der Waals surface area contributed by atoms with E-state index in [9.17, 15) is 9.59 Å². The molecular formula is C23H30N2O3. The van der Waals surface area contributed by atoms with Gasteiger partial charge in [0.25, 0.3) is 5.91 Å². The number of nitrogens with zero attached hydrogens (tertiary/aromatic N) is 1. The highest BCUT2D eigenvalue weighted by Crippen LogP contribution is 2.13. The maximum absolute atomic E-state index is 12.3. The van der Waals surface area contributed by atoms with Gasteiger partial charge >= 0.3 is 0 Å². The Bertz CT molecular complexity index is 785. The Balaban J connectivity index is 1.70. The maximum Gasteiger partial charge on any atom is 0.253 e. The van der Waals surface area contributed by atoms with E-state index in [1.165, 1.54) is 0 Å². The lowest BCUT2D eigenvalue weighted by molar-refractivity contribution is -0.121. The first-order chi connectivity index (χ1) is 13.4. The van der Waals surface area contributed by atoms with E-state index in [-0.39, 0.29) is 17.9 Å². The van der Waals surface area contributed by atoms with Gasteiger partial charge in [0.2, 0.25) is 5.91 Å². The molecule has 0 spiro atoms. The minimum Gasteiger partial charge on any atom is -0.494 e. The van der Waals surface area contributed by atoms with Gasteiger partial charge in [-0.2, -0.15) is 0 Å². The minimum absolute atomic E-state index is 0.000745. The van der Waals surface area contributed by atoms with E-state index in [1.54, 1.807) is 24.1 Å². The van der Waals surface area contributed by atoms with E-state index >= 15 is 0 Å². The number of hydrogen-bond acceptors (Lipinski definition) is 3. The van der Waals surface area contributed by atoms with Crippen LogP contribution >= 0.6 is 0 Å². The molecule has 150 valence electrons. The molecule has 5 nitrogen and oxygen atoms in total. The summed E-state index contributed by atoms with van der Waals surface area (Å²) in [6.07, 6.45) is 1.08. The quantitative estimate of drug-likeness (QED) is 0.668. The lowest BCUT2D eigenvalue weighted by atomic mass is 10.1. The van der Waals surface area contributed by atoms with Crippen molar-refractivity contribution >= 4 is 11.8 Å². The first-order valence-electron chi connectivity index (χ1n) is 9.69. The molecule has 0 heterocycles. The molecule has 0 atom stereocenters. The van der Waals surface area contributed by atoms with E-state index in [0.29, 0.717) is 31.6 Å². The number of hydrogen-bond donors (Lipinski definition) is 1. The molecule has 0 aliphatic carbocycles. The molecule has 2 amide bonds. The highest BCUT2D eigenvalue weighted by molar-refractivity contribution is 5.94. The van der Waals surface area contributed by atoms with Gasteiger partial charge < -0.3 is 15.0 Å². The summed E-state index contributed by atoms with van der Waals surface area (Å²) in [4.78, 5) is 26.0. The molecule has 28 heavy (non-hydrogen) atoms. The van der Waals surface area contributed by atoms with Crippen molar-refractivity contribution in [1.82, 2.24) is 10.2 Å². The van der Waals surface area contributed by atoms with Crippen molar-refractivity contribution in [3.8, 4) is 5.75 Å². The van der Waals surface area contributed by atoms with Crippen LogP contribution in [-0.2, 0) is 11.3 Å². The molecule has 0 aromatic heterocycles. The summed E-state index contributed by atoms with van der Waals surface area (Å²) >= 11 is 0. The summed E-state index contributed by atoms with van der Waals surface area (Å²) in [7, 11) is 1.80. The van der Waals surface area contributed by atoms with Crippen LogP contribution in [0.1, 0.15) is 48.2 Å². The highest BCUT2D eigenvalue weighted by atomic mass is 16.5. The van der Waals surface area contributed by atoms with Crippen molar-refractivity contribution in [2.24, 2.45) is 0 Å². The summed E-state index contributed by atoms with van der Waals surface area (Å²) in [5, 5.41) is 2.91. The number of nitrogens with one attached hydrogen (secondary N) is 1. The fraction of sp³-hybridized carbons (Fsp3) is 0.391. The fourth-order valence-electron chi connectivity index (χ4n) is 2.62. The van der Waals surface area contributed by atoms with Crippen LogP contribution in [0, 0.1) is 6.92 Å². The zero-order valence-electron chi connectivity index (χ0n) is 17.2. The van der Waals surface area contributed by atoms with E-state index in [1.807, 2.05) is 57.2 Å². The molecule has 0 unspecified atom stereocenters. The molecule has 0 radical (unpaired) electrons. The number of aryl methyl sites for hydroxylation is 1. The zero-order valence-corrected chi connectivity index (χ0v) is 17.2. The second kappa shape index (κ2) is 10.5. The molecule has 0 aliphatic heterocycles. The third-order valence-electron chi connectivity index (χ3n) is 4.59. The fourth-order valence-corrected chi connectivity index (χ4v) is 2.62. The van der Waals surface area contributed by atoms with Crippen molar-refractivity contribution in [1.29, 1.82) is 0 Å². The third kappa shape index (κ3) is 6.72. The predicted molar refractivity (Wildman–Crippen MR) is 111 cm³/mol. The Hall–Kier alpha value is -2.82. The smallest absolute Gasteiger partial charge is 0.253 e. The van der Waals surface area contributed by atoms with Crippen molar-refractivity contribution in [2.45, 2.75) is 46.2 Å². The number of rotatable bonds is 9. The van der Waals surface area contributed by atoms with Gasteiger partial charge in [0.05, 0.1) is 6.61 Å². The SMILES string of the molecule is Cc1cccc(OCCCC(=O)NCc2ccc(C(=O)N(C)C(C)C)cc2)c1. The summed E-state index contributed by atoms with van der Waals surface area (Å²) < 4.78 is 5.66. The van der Waals surface area contributed by atoms with Crippen LogP contribution in [-0.4, -0.2) is 36.4 Å². The van der Waals surface area contributed by atoms with E-state index in [0.717, 1.165) is 16.9 Å². The largest absolute Gasteiger partial charge is 0.494 e. The molecule has 0 saturated heterocycles. The maximum atomic E-state index is 12.3. The van der Waals surface area contributed by atoms with Gasteiger partial charge in [-0.3, -0.25) is 9.59 Å². The minimum atomic E-state index is -0.00691. The summed E-state index contributed by atoms with van der Waals surface area (Å²) in [6.45, 7) is 6.94. The Labute approximate surface area is 167 Å². The number of ether oxygens (including phenoxy) is 1. The first-order valence-corrected chi connectivity index (χ1v) is 9.69. The Morgan fingerprint density at radius 3 is 2.46 bits per heavy atom. The molecular weight excluding hydrogens is 352 g/mol. The van der Waals surface area contributed by atoms with Crippen molar-refractivity contribution in [3.05, 3.63) is 65.2 Å². The van der Waals surface area contributed by atoms with Crippen LogP contribution in [0.2, 0.25) is 0 Å². The molecule has 0 aliphatic rings. The van der Waals surface area contributed by atoms with E-state index in [2.05, 4.69) is 5.32 Å². The normalized spacial score (nSPS) is 10.6. The highest BCUT2D eigenvalue weighted by Gasteiger charge is 2.14. The molecule has 1 N–H and O–H groups in total. The first kappa shape index (κ1) is 21.5. The second-order valence-corrected chi connectivity index (χ2v) is 7.25. The van der Waals surface area contributed by atoms with E-state index in [4.69, 9.17) is 4.74 Å². The van der Waals surface area contributed by atoms with Crippen LogP contribution in [0.25, 0.3) is 0 Å². The van der Waals surface area contributed by atoms with Crippen LogP contribution in [0.5, 0.6) is 5.75 Å². The summed E-state index contributed by atoms with van der Waals surface area (Å²) in [6, 6.07) is 15.4. The van der Waals surface area contributed by atoms with Gasteiger partial charge in [0.1, 0.15) is 5.75 Å². The van der Waals surface area contributed by atoms with Gasteiger partial charge in [-0.05, 0) is 62.6 Å². The van der Waals surface area contributed by atoms with Gasteiger partial charge in [-0.25, -0.2) is 0 Å². The van der Waals surface area contributed by atoms with Crippen LogP contribution in [0.3, 0.4) is 0 Å². The van der Waals surface area contributed by atoms with Gasteiger partial charge in [0, 0.05) is 31.6 Å². The Morgan fingerprint density at radius 1 is 1.11 bits per heavy atom. The Morgan fingerprint density at radius 2 is 1.82 bits per heavy atom. The van der Waals surface area contributed by atoms with Crippen LogP contribution in [0.4, 0.5) is 0 Å². The zero-order chi connectivity index (χ0) is 20.5. The molecule has 0 fully saturated rings. The van der Waals surface area contributed by atoms with Crippen LogP contribution in [0.15, 0.2) is 48.5 Å².